The summed E-state index contributed by atoms with van der Waals surface area (Å²) in [5.74, 6) is -0.0520. The number of aromatic hydroxyl groups is 1. The molecule has 0 atom stereocenters. The Hall–Kier alpha value is -3.86. The van der Waals surface area contributed by atoms with Crippen LogP contribution in [0.15, 0.2) is 72.8 Å². The Morgan fingerprint density at radius 3 is 2.46 bits per heavy atom. The largest absolute Gasteiger partial charge is 0.508 e. The van der Waals surface area contributed by atoms with E-state index in [4.69, 9.17) is 0 Å². The van der Waals surface area contributed by atoms with Gasteiger partial charge in [-0.25, -0.2) is 4.39 Å². The highest BCUT2D eigenvalue weighted by atomic mass is 19.1. The number of carbonyl (C=O) groups is 1. The Balaban J connectivity index is 1.62. The number of phenols is 1. The summed E-state index contributed by atoms with van der Waals surface area (Å²) in [5, 5.41) is 11.0. The van der Waals surface area contributed by atoms with Crippen molar-refractivity contribution in [2.45, 2.75) is 33.2 Å². The summed E-state index contributed by atoms with van der Waals surface area (Å²) < 4.78 is 15.8. The topological polar surface area (TPSA) is 45.5 Å². The second-order valence-electron chi connectivity index (χ2n) is 8.96. The highest BCUT2D eigenvalue weighted by Gasteiger charge is 2.17. The molecular formula is C30H31FN2O2. The second-order valence-corrected chi connectivity index (χ2v) is 8.96. The standard InChI is InChI=1S/C30H31FN2O2/c1-4-5-18-32(3)29(35)17-10-22-6-8-23(9-7-22)20-33-28-16-15-26(34)19-27(28)21(2)30(33)24-11-13-25(31)14-12-24/h6-17,19,34H,4-5,18,20H2,1-3H3/b17-10+. The first-order valence-corrected chi connectivity index (χ1v) is 12.0. The molecule has 35 heavy (non-hydrogen) atoms. The fourth-order valence-electron chi connectivity index (χ4n) is 4.37. The van der Waals surface area contributed by atoms with Crippen molar-refractivity contribution in [1.29, 1.82) is 0 Å². The smallest absolute Gasteiger partial charge is 0.246 e. The molecule has 4 aromatic rings. The first-order valence-electron chi connectivity index (χ1n) is 12.0. The minimum absolute atomic E-state index is 0.00371. The molecule has 0 fully saturated rings. The number of hydrogen-bond donors (Lipinski definition) is 1. The lowest BCUT2D eigenvalue weighted by Gasteiger charge is -2.14. The predicted molar refractivity (Wildman–Crippen MR) is 141 cm³/mol. The maximum absolute atomic E-state index is 13.6. The van der Waals surface area contributed by atoms with Crippen LogP contribution in [-0.2, 0) is 11.3 Å². The van der Waals surface area contributed by atoms with Crippen molar-refractivity contribution in [3.05, 3.63) is 95.3 Å². The lowest BCUT2D eigenvalue weighted by atomic mass is 10.1. The number of unbranched alkanes of at least 4 members (excludes halogenated alkanes) is 1. The maximum atomic E-state index is 13.6. The van der Waals surface area contributed by atoms with E-state index >= 15 is 0 Å². The van der Waals surface area contributed by atoms with Gasteiger partial charge in [-0.05, 0) is 84.1 Å². The van der Waals surface area contributed by atoms with Gasteiger partial charge in [-0.15, -0.1) is 0 Å². The number of carbonyl (C=O) groups excluding carboxylic acids is 1. The summed E-state index contributed by atoms with van der Waals surface area (Å²) in [6.07, 6.45) is 5.52. The maximum Gasteiger partial charge on any atom is 0.246 e. The molecule has 5 heteroatoms. The molecule has 0 aliphatic heterocycles. The molecule has 4 rings (SSSR count). The highest BCUT2D eigenvalue weighted by molar-refractivity contribution is 5.93. The molecule has 1 heterocycles. The van der Waals surface area contributed by atoms with Crippen LogP contribution in [0, 0.1) is 12.7 Å². The third kappa shape index (κ3) is 5.46. The molecule has 4 nitrogen and oxygen atoms in total. The molecule has 180 valence electrons. The van der Waals surface area contributed by atoms with E-state index in [2.05, 4.69) is 23.6 Å². The number of fused-ring (bicyclic) bond motifs is 1. The van der Waals surface area contributed by atoms with Gasteiger partial charge >= 0.3 is 0 Å². The van der Waals surface area contributed by atoms with Crippen molar-refractivity contribution in [1.82, 2.24) is 9.47 Å². The molecular weight excluding hydrogens is 439 g/mol. The van der Waals surface area contributed by atoms with E-state index in [-0.39, 0.29) is 17.5 Å². The number of phenolic OH excluding ortho intramolecular Hbond substituents is 1. The molecule has 1 aromatic heterocycles. The molecule has 0 aliphatic carbocycles. The number of nitrogens with zero attached hydrogens (tertiary/aromatic N) is 2. The number of likely N-dealkylation sites (N-methyl/N-ethyl adjacent to an activating group) is 1. The molecule has 0 spiro atoms. The van der Waals surface area contributed by atoms with Gasteiger partial charge in [0.15, 0.2) is 0 Å². The van der Waals surface area contributed by atoms with Crippen molar-refractivity contribution in [3.63, 3.8) is 0 Å². The summed E-state index contributed by atoms with van der Waals surface area (Å²) >= 11 is 0. The number of aromatic nitrogens is 1. The quantitative estimate of drug-likeness (QED) is 0.289. The number of halogens is 1. The Bertz CT molecular complexity index is 1350. The van der Waals surface area contributed by atoms with E-state index in [0.717, 1.165) is 58.2 Å². The average Bonchev–Trinajstić information content (AvgIpc) is 3.12. The van der Waals surface area contributed by atoms with Crippen LogP contribution in [0.2, 0.25) is 0 Å². The normalized spacial score (nSPS) is 11.4. The minimum atomic E-state index is -0.273. The fourth-order valence-corrected chi connectivity index (χ4v) is 4.37. The first-order chi connectivity index (χ1) is 16.9. The van der Waals surface area contributed by atoms with Gasteiger partial charge in [-0.2, -0.15) is 0 Å². The van der Waals surface area contributed by atoms with Gasteiger partial charge in [0.05, 0.1) is 5.69 Å². The number of benzene rings is 3. The molecule has 1 amide bonds. The van der Waals surface area contributed by atoms with Gasteiger partial charge in [0.25, 0.3) is 0 Å². The van der Waals surface area contributed by atoms with E-state index in [1.54, 1.807) is 35.2 Å². The zero-order valence-corrected chi connectivity index (χ0v) is 20.5. The van der Waals surface area contributed by atoms with Gasteiger partial charge in [0.1, 0.15) is 11.6 Å². The molecule has 1 N–H and O–H groups in total. The van der Waals surface area contributed by atoms with Crippen LogP contribution in [0.3, 0.4) is 0 Å². The lowest BCUT2D eigenvalue weighted by molar-refractivity contribution is -0.124. The van der Waals surface area contributed by atoms with Crippen molar-refractivity contribution < 1.29 is 14.3 Å². The summed E-state index contributed by atoms with van der Waals surface area (Å²) in [5.41, 5.74) is 6.02. The zero-order chi connectivity index (χ0) is 24.9. The summed E-state index contributed by atoms with van der Waals surface area (Å²) in [7, 11) is 1.83. The van der Waals surface area contributed by atoms with Crippen LogP contribution in [-0.4, -0.2) is 34.1 Å². The summed E-state index contributed by atoms with van der Waals surface area (Å²) in [4.78, 5) is 14.0. The Labute approximate surface area is 205 Å². The number of rotatable bonds is 8. The molecule has 0 saturated heterocycles. The van der Waals surface area contributed by atoms with Gasteiger partial charge < -0.3 is 14.6 Å². The van der Waals surface area contributed by atoms with Crippen LogP contribution in [0.4, 0.5) is 4.39 Å². The molecule has 0 bridgehead atoms. The van der Waals surface area contributed by atoms with Crippen LogP contribution in [0.1, 0.15) is 36.5 Å². The van der Waals surface area contributed by atoms with Crippen molar-refractivity contribution in [2.75, 3.05) is 13.6 Å². The van der Waals surface area contributed by atoms with Crippen molar-refractivity contribution >= 4 is 22.9 Å². The first kappa shape index (κ1) is 24.3. The molecule has 0 saturated carbocycles. The van der Waals surface area contributed by atoms with E-state index in [1.165, 1.54) is 12.1 Å². The fraction of sp³-hybridized carbons (Fsp3) is 0.233. The Morgan fingerprint density at radius 2 is 1.77 bits per heavy atom. The van der Waals surface area contributed by atoms with Gasteiger partial charge in [-0.3, -0.25) is 4.79 Å². The molecule has 0 radical (unpaired) electrons. The van der Waals surface area contributed by atoms with E-state index in [0.29, 0.717) is 6.54 Å². The van der Waals surface area contributed by atoms with Crippen LogP contribution < -0.4 is 0 Å². The molecule has 3 aromatic carbocycles. The average molecular weight is 471 g/mol. The van der Waals surface area contributed by atoms with Crippen molar-refractivity contribution in [2.24, 2.45) is 0 Å². The van der Waals surface area contributed by atoms with Crippen LogP contribution in [0.5, 0.6) is 5.75 Å². The second kappa shape index (κ2) is 10.6. The summed E-state index contributed by atoms with van der Waals surface area (Å²) in [6.45, 7) is 5.51. The number of aryl methyl sites for hydroxylation is 1. The third-order valence-corrected chi connectivity index (χ3v) is 6.38. The van der Waals surface area contributed by atoms with Crippen LogP contribution in [0.25, 0.3) is 28.2 Å². The molecule has 0 unspecified atom stereocenters. The predicted octanol–water partition coefficient (Wildman–Crippen LogP) is 6.78. The SMILES string of the molecule is CCCCN(C)C(=O)/C=C/c1ccc(Cn2c(-c3ccc(F)cc3)c(C)c3cc(O)ccc32)cc1. The van der Waals surface area contributed by atoms with E-state index in [9.17, 15) is 14.3 Å². The number of hydrogen-bond acceptors (Lipinski definition) is 2. The Morgan fingerprint density at radius 1 is 1.06 bits per heavy atom. The van der Waals surface area contributed by atoms with Gasteiger partial charge in [-0.1, -0.05) is 37.6 Å². The van der Waals surface area contributed by atoms with Crippen LogP contribution >= 0.6 is 0 Å². The third-order valence-electron chi connectivity index (χ3n) is 6.38. The minimum Gasteiger partial charge on any atom is -0.508 e. The summed E-state index contributed by atoms with van der Waals surface area (Å²) in [6, 6.07) is 20.0. The Kier molecular flexibility index (Phi) is 7.35. The van der Waals surface area contributed by atoms with Gasteiger partial charge in [0.2, 0.25) is 5.91 Å². The van der Waals surface area contributed by atoms with E-state index in [1.807, 2.05) is 38.2 Å². The number of amides is 1. The van der Waals surface area contributed by atoms with E-state index < -0.39 is 0 Å². The highest BCUT2D eigenvalue weighted by Crippen LogP contribution is 2.35. The zero-order valence-electron chi connectivity index (χ0n) is 20.5. The monoisotopic (exact) mass is 470 g/mol. The lowest BCUT2D eigenvalue weighted by Crippen LogP contribution is -2.25. The van der Waals surface area contributed by atoms with Gasteiger partial charge in [0, 0.05) is 37.1 Å². The molecule has 0 aliphatic rings. The van der Waals surface area contributed by atoms with Crippen molar-refractivity contribution in [3.8, 4) is 17.0 Å².